The number of nitrogens with zero attached hydrogens (tertiary/aromatic N) is 4. The fourth-order valence-electron chi connectivity index (χ4n) is 4.04. The van der Waals surface area contributed by atoms with E-state index in [2.05, 4.69) is 30.8 Å². The van der Waals surface area contributed by atoms with E-state index in [1.165, 1.54) is 6.20 Å². The first kappa shape index (κ1) is 22.9. The molecule has 0 aliphatic carbocycles. The van der Waals surface area contributed by atoms with Crippen molar-refractivity contribution in [3.8, 4) is 0 Å². The van der Waals surface area contributed by atoms with Crippen molar-refractivity contribution in [2.45, 2.75) is 32.6 Å². The quantitative estimate of drug-likeness (QED) is 0.430. The number of aryl methyl sites for hydroxylation is 2. The van der Waals surface area contributed by atoms with Gasteiger partial charge in [0.25, 0.3) is 0 Å². The summed E-state index contributed by atoms with van der Waals surface area (Å²) in [5.41, 5.74) is 8.52. The summed E-state index contributed by atoms with van der Waals surface area (Å²) < 4.78 is 15.0. The van der Waals surface area contributed by atoms with Gasteiger partial charge < -0.3 is 21.3 Å². The van der Waals surface area contributed by atoms with Crippen LogP contribution in [-0.4, -0.2) is 50.6 Å². The molecule has 9 nitrogen and oxygen atoms in total. The number of aromatic amines is 1. The summed E-state index contributed by atoms with van der Waals surface area (Å²) in [6, 6.07) is 5.12. The molecule has 1 fully saturated rings. The summed E-state index contributed by atoms with van der Waals surface area (Å²) in [5.74, 6) is 0.865. The Bertz CT molecular complexity index is 1160. The first-order valence-electron chi connectivity index (χ1n) is 10.7. The van der Waals surface area contributed by atoms with E-state index in [1.54, 1.807) is 17.0 Å². The lowest BCUT2D eigenvalue weighted by molar-refractivity contribution is -0.130. The topological polar surface area (TPSA) is 125 Å². The van der Waals surface area contributed by atoms with E-state index < -0.39 is 5.82 Å². The maximum atomic E-state index is 15.0. The van der Waals surface area contributed by atoms with Gasteiger partial charge in [0.2, 0.25) is 11.9 Å². The molecule has 11 heteroatoms. The summed E-state index contributed by atoms with van der Waals surface area (Å²) in [6.07, 6.45) is 3.00. The number of halogens is 2. The molecule has 5 N–H and O–H groups in total. The standard InChI is InChI=1S/C22H26ClFN8O/c1-12-7-18(17(24)9-15(12)14-3-5-32(6-4-14)20(33)10-25)27-22-26-11-16(23)21(29-22)28-19-8-13(2)30-31-19/h7-9,11,14H,3-6,10,25H2,1-2H3,(H3,26,27,28,29,30,31). The van der Waals surface area contributed by atoms with Gasteiger partial charge in [-0.1, -0.05) is 11.6 Å². The van der Waals surface area contributed by atoms with E-state index in [4.69, 9.17) is 17.3 Å². The van der Waals surface area contributed by atoms with Crippen molar-refractivity contribution in [2.24, 2.45) is 5.73 Å². The van der Waals surface area contributed by atoms with Gasteiger partial charge in [-0.05, 0) is 55.9 Å². The Labute approximate surface area is 195 Å². The van der Waals surface area contributed by atoms with Crippen LogP contribution in [0.15, 0.2) is 24.4 Å². The molecule has 0 unspecified atom stereocenters. The molecule has 1 aliphatic heterocycles. The Balaban J connectivity index is 1.49. The summed E-state index contributed by atoms with van der Waals surface area (Å²) in [6.45, 7) is 5.11. The number of likely N-dealkylation sites (tertiary alicyclic amines) is 1. The summed E-state index contributed by atoms with van der Waals surface area (Å²) >= 11 is 6.20. The molecule has 2 aromatic heterocycles. The molecule has 0 spiro atoms. The van der Waals surface area contributed by atoms with Gasteiger partial charge in [-0.2, -0.15) is 10.1 Å². The smallest absolute Gasteiger partial charge is 0.236 e. The molecular weight excluding hydrogens is 447 g/mol. The lowest BCUT2D eigenvalue weighted by Crippen LogP contribution is -2.41. The highest BCUT2D eigenvalue weighted by Gasteiger charge is 2.25. The van der Waals surface area contributed by atoms with E-state index in [9.17, 15) is 4.79 Å². The van der Waals surface area contributed by atoms with Gasteiger partial charge in [0, 0.05) is 24.8 Å². The van der Waals surface area contributed by atoms with Crippen LogP contribution in [-0.2, 0) is 4.79 Å². The van der Waals surface area contributed by atoms with Crippen molar-refractivity contribution in [3.05, 3.63) is 52.1 Å². The Hall–Kier alpha value is -3.24. The molecule has 1 aliphatic rings. The number of carbonyl (C=O) groups is 1. The van der Waals surface area contributed by atoms with Gasteiger partial charge in [0.1, 0.15) is 10.8 Å². The molecule has 174 valence electrons. The Morgan fingerprint density at radius 1 is 1.27 bits per heavy atom. The number of anilines is 4. The molecule has 1 saturated heterocycles. The first-order chi connectivity index (χ1) is 15.8. The van der Waals surface area contributed by atoms with Gasteiger partial charge in [-0.25, -0.2) is 9.37 Å². The van der Waals surface area contributed by atoms with E-state index in [1.807, 2.05) is 19.9 Å². The van der Waals surface area contributed by atoms with Gasteiger partial charge in [0.05, 0.1) is 18.4 Å². The normalized spacial score (nSPS) is 14.4. The van der Waals surface area contributed by atoms with Crippen molar-refractivity contribution < 1.29 is 9.18 Å². The third-order valence-corrected chi connectivity index (χ3v) is 6.04. The number of rotatable bonds is 6. The van der Waals surface area contributed by atoms with E-state index >= 15 is 4.39 Å². The number of benzene rings is 1. The average Bonchev–Trinajstić information content (AvgIpc) is 3.22. The van der Waals surface area contributed by atoms with Crippen LogP contribution < -0.4 is 16.4 Å². The van der Waals surface area contributed by atoms with Crippen LogP contribution in [0.2, 0.25) is 5.02 Å². The molecule has 4 rings (SSSR count). The highest BCUT2D eigenvalue weighted by molar-refractivity contribution is 6.32. The third-order valence-electron chi connectivity index (χ3n) is 5.76. The lowest BCUT2D eigenvalue weighted by atomic mass is 9.86. The molecule has 0 atom stereocenters. The zero-order valence-corrected chi connectivity index (χ0v) is 19.2. The number of piperidine rings is 1. The number of nitrogens with one attached hydrogen (secondary N) is 3. The van der Waals surface area contributed by atoms with Crippen molar-refractivity contribution >= 4 is 40.8 Å². The second-order valence-corrected chi connectivity index (χ2v) is 8.53. The Kier molecular flexibility index (Phi) is 6.75. The second-order valence-electron chi connectivity index (χ2n) is 8.12. The lowest BCUT2D eigenvalue weighted by Gasteiger charge is -2.32. The second kappa shape index (κ2) is 9.72. The zero-order chi connectivity index (χ0) is 23.5. The van der Waals surface area contributed by atoms with Crippen LogP contribution in [0.4, 0.5) is 27.7 Å². The van der Waals surface area contributed by atoms with E-state index in [0.717, 1.165) is 29.7 Å². The molecular formula is C22H26ClFN8O. The van der Waals surface area contributed by atoms with Crippen LogP contribution in [0.5, 0.6) is 0 Å². The SMILES string of the molecule is Cc1cc(Nc2nc(Nc3cc(C)c(C4CCN(C(=O)CN)CC4)cc3F)ncc2Cl)n[nH]1. The number of hydrogen-bond acceptors (Lipinski definition) is 7. The fourth-order valence-corrected chi connectivity index (χ4v) is 4.18. The highest BCUT2D eigenvalue weighted by atomic mass is 35.5. The highest BCUT2D eigenvalue weighted by Crippen LogP contribution is 2.34. The minimum Gasteiger partial charge on any atom is -0.342 e. The molecule has 33 heavy (non-hydrogen) atoms. The molecule has 0 saturated carbocycles. The summed E-state index contributed by atoms with van der Waals surface area (Å²) in [5, 5.41) is 13.2. The molecule has 0 radical (unpaired) electrons. The van der Waals surface area contributed by atoms with Crippen molar-refractivity contribution in [1.82, 2.24) is 25.1 Å². The van der Waals surface area contributed by atoms with Crippen molar-refractivity contribution in [2.75, 3.05) is 30.3 Å². The minimum atomic E-state index is -0.396. The van der Waals surface area contributed by atoms with Crippen LogP contribution >= 0.6 is 11.6 Å². The number of hydrogen-bond donors (Lipinski definition) is 4. The molecule has 0 bridgehead atoms. The van der Waals surface area contributed by atoms with Crippen LogP contribution in [0, 0.1) is 19.7 Å². The molecule has 1 aromatic carbocycles. The molecule has 1 amide bonds. The average molecular weight is 473 g/mol. The predicted molar refractivity (Wildman–Crippen MR) is 126 cm³/mol. The van der Waals surface area contributed by atoms with Gasteiger partial charge in [-0.15, -0.1) is 0 Å². The van der Waals surface area contributed by atoms with Crippen molar-refractivity contribution in [3.63, 3.8) is 0 Å². The minimum absolute atomic E-state index is 0.0179. The maximum absolute atomic E-state index is 15.0. The zero-order valence-electron chi connectivity index (χ0n) is 18.5. The number of carbonyl (C=O) groups excluding carboxylic acids is 1. The number of amides is 1. The van der Waals surface area contributed by atoms with Gasteiger partial charge in [0.15, 0.2) is 11.6 Å². The fraction of sp³-hybridized carbons (Fsp3) is 0.364. The summed E-state index contributed by atoms with van der Waals surface area (Å²) in [7, 11) is 0. The Morgan fingerprint density at radius 3 is 2.70 bits per heavy atom. The monoisotopic (exact) mass is 472 g/mol. The van der Waals surface area contributed by atoms with Crippen molar-refractivity contribution in [1.29, 1.82) is 0 Å². The van der Waals surface area contributed by atoms with Gasteiger partial charge in [-0.3, -0.25) is 9.89 Å². The summed E-state index contributed by atoms with van der Waals surface area (Å²) in [4.78, 5) is 22.1. The molecule has 3 heterocycles. The van der Waals surface area contributed by atoms with E-state index in [-0.39, 0.29) is 30.0 Å². The maximum Gasteiger partial charge on any atom is 0.236 e. The number of H-pyrrole nitrogens is 1. The number of aromatic nitrogens is 4. The largest absolute Gasteiger partial charge is 0.342 e. The van der Waals surface area contributed by atoms with Crippen LogP contribution in [0.1, 0.15) is 35.6 Å². The first-order valence-corrected chi connectivity index (χ1v) is 11.1. The Morgan fingerprint density at radius 2 is 2.03 bits per heavy atom. The van der Waals surface area contributed by atoms with E-state index in [0.29, 0.717) is 29.7 Å². The number of nitrogens with two attached hydrogens (primary N) is 1. The molecule has 3 aromatic rings. The van der Waals surface area contributed by atoms with Crippen LogP contribution in [0.25, 0.3) is 0 Å². The third kappa shape index (κ3) is 5.23. The predicted octanol–water partition coefficient (Wildman–Crippen LogP) is 3.76. The van der Waals surface area contributed by atoms with Crippen LogP contribution in [0.3, 0.4) is 0 Å². The van der Waals surface area contributed by atoms with Gasteiger partial charge >= 0.3 is 0 Å².